The van der Waals surface area contributed by atoms with Crippen molar-refractivity contribution in [1.82, 2.24) is 0 Å². The van der Waals surface area contributed by atoms with Crippen LogP contribution in [0.4, 0.5) is 0 Å². The van der Waals surface area contributed by atoms with Gasteiger partial charge in [0.15, 0.2) is 0 Å². The van der Waals surface area contributed by atoms with Gasteiger partial charge in [0.25, 0.3) is 0 Å². The van der Waals surface area contributed by atoms with Gasteiger partial charge in [0.1, 0.15) is 6.29 Å². The first-order valence-electron chi connectivity index (χ1n) is 3.76. The number of aldehydes is 1. The van der Waals surface area contributed by atoms with E-state index >= 15 is 0 Å². The normalized spacial score (nSPS) is 5.93. The largest absolute Gasteiger partial charge is 0 e. The van der Waals surface area contributed by atoms with Crippen LogP contribution in [0.3, 0.4) is 0 Å². The molecule has 0 aliphatic carbocycles. The second-order valence-electron chi connectivity index (χ2n) is 3.00. The van der Waals surface area contributed by atoms with Gasteiger partial charge in [-0.2, -0.15) is 0 Å². The maximum Gasteiger partial charge on any atom is 0 e. The van der Waals surface area contributed by atoms with Crippen LogP contribution in [-0.4, -0.2) is 6.29 Å². The molecule has 0 aliphatic rings. The molecule has 0 aromatic heterocycles. The molecule has 0 bridgehead atoms. The van der Waals surface area contributed by atoms with Crippen LogP contribution in [0.15, 0.2) is 12.2 Å². The standard InChI is InChI=1S/C5H10O.C4H8.CO.2CH4.H2/c1-5(2)3-4-6;1-4(2)3;1-2;;;/h4-5H,3H2,1-2H3;1H2,2-3H3;;2*1H4;1H. The Morgan fingerprint density at radius 2 is 1.64 bits per heavy atom. The van der Waals surface area contributed by atoms with E-state index in [1.165, 1.54) is 5.57 Å². The molecule has 0 spiro atoms. The third-order valence-electron chi connectivity index (χ3n) is 0.568. The number of carbonyl (C=O) groups excluding carboxylic acids is 1. The molecule has 0 heterocycles. The number of rotatable bonds is 2. The van der Waals surface area contributed by atoms with Crippen LogP contribution in [0.5, 0.6) is 0 Å². The van der Waals surface area contributed by atoms with Crippen molar-refractivity contribution in [3.8, 4) is 0 Å². The Hall–Kier alpha value is -0.850. The van der Waals surface area contributed by atoms with Crippen LogP contribution in [-0.2, 0) is 9.45 Å². The molecule has 0 radical (unpaired) electrons. The molecule has 88 valence electrons. The summed E-state index contributed by atoms with van der Waals surface area (Å²) in [4.78, 5) is 9.62. The molecule has 0 saturated carbocycles. The van der Waals surface area contributed by atoms with Crippen LogP contribution in [0.25, 0.3) is 0 Å². The maximum absolute atomic E-state index is 9.62. The second kappa shape index (κ2) is 29.5. The fraction of sp³-hybridized carbons (Fsp3) is 0.667. The van der Waals surface area contributed by atoms with Crippen molar-refractivity contribution in [2.24, 2.45) is 5.92 Å². The van der Waals surface area contributed by atoms with E-state index in [0.717, 1.165) is 6.29 Å². The second-order valence-corrected chi connectivity index (χ2v) is 3.00. The zero-order valence-electron chi connectivity index (χ0n) is 8.39. The predicted octanol–water partition coefficient (Wildman–Crippen LogP) is 4.29. The van der Waals surface area contributed by atoms with Crippen LogP contribution in [0.2, 0.25) is 0 Å². The van der Waals surface area contributed by atoms with Crippen LogP contribution in [0.1, 0.15) is 50.4 Å². The molecule has 0 rings (SSSR count). The minimum atomic E-state index is 0. The average molecular weight is 204 g/mol. The van der Waals surface area contributed by atoms with E-state index in [4.69, 9.17) is 4.65 Å². The van der Waals surface area contributed by atoms with Crippen molar-refractivity contribution in [3.63, 3.8) is 0 Å². The molecular formula is C12H28O2. The van der Waals surface area contributed by atoms with Crippen molar-refractivity contribution in [1.29, 1.82) is 0 Å². The van der Waals surface area contributed by atoms with Crippen LogP contribution >= 0.6 is 0 Å². The van der Waals surface area contributed by atoms with Gasteiger partial charge < -0.3 is 4.79 Å². The predicted molar refractivity (Wildman–Crippen MR) is 65.5 cm³/mol. The van der Waals surface area contributed by atoms with Gasteiger partial charge in [0.2, 0.25) is 0 Å². The van der Waals surface area contributed by atoms with E-state index in [1.54, 1.807) is 0 Å². The molecule has 0 unspecified atom stereocenters. The molecule has 0 saturated heterocycles. The first kappa shape index (κ1) is 29.2. The Morgan fingerprint density at radius 1 is 1.43 bits per heavy atom. The van der Waals surface area contributed by atoms with Gasteiger partial charge >= 0.3 is 11.3 Å². The molecule has 2 nitrogen and oxygen atoms in total. The Bertz CT molecular complexity index is 125. The van der Waals surface area contributed by atoms with Crippen LogP contribution < -0.4 is 0 Å². The SMILES string of the molecule is C.C.C=C(C)C.CC(C)CC=O.[C-]#[O+].[HH]. The molecular weight excluding hydrogens is 176 g/mol. The first-order valence-corrected chi connectivity index (χ1v) is 3.76. The fourth-order valence-corrected chi connectivity index (χ4v) is 0.192. The van der Waals surface area contributed by atoms with Gasteiger partial charge in [-0.3, -0.25) is 0 Å². The van der Waals surface area contributed by atoms with E-state index in [-0.39, 0.29) is 16.3 Å². The fourth-order valence-electron chi connectivity index (χ4n) is 0.192. The summed E-state index contributed by atoms with van der Waals surface area (Å²) in [7, 11) is 0. The van der Waals surface area contributed by atoms with E-state index in [9.17, 15) is 4.79 Å². The van der Waals surface area contributed by atoms with Crippen molar-refractivity contribution in [3.05, 3.63) is 18.8 Å². The van der Waals surface area contributed by atoms with Gasteiger partial charge in [-0.05, 0) is 19.8 Å². The third-order valence-corrected chi connectivity index (χ3v) is 0.568. The molecule has 14 heavy (non-hydrogen) atoms. The van der Waals surface area contributed by atoms with Gasteiger partial charge in [-0.25, -0.2) is 0 Å². The van der Waals surface area contributed by atoms with Gasteiger partial charge in [0.05, 0.1) is 0 Å². The van der Waals surface area contributed by atoms with Crippen molar-refractivity contribution >= 4 is 6.29 Å². The summed E-state index contributed by atoms with van der Waals surface area (Å²) in [6.45, 7) is 16.0. The van der Waals surface area contributed by atoms with Crippen LogP contribution in [0, 0.1) is 12.6 Å². The number of hydrogen-bond acceptors (Lipinski definition) is 1. The first-order chi connectivity index (χ1) is 5.50. The summed E-state index contributed by atoms with van der Waals surface area (Å²) in [6.07, 6.45) is 1.64. The summed E-state index contributed by atoms with van der Waals surface area (Å²) in [5.41, 5.74) is 1.17. The summed E-state index contributed by atoms with van der Waals surface area (Å²) < 4.78 is 7.50. The van der Waals surface area contributed by atoms with E-state index < -0.39 is 0 Å². The van der Waals surface area contributed by atoms with Crippen molar-refractivity contribution in [2.75, 3.05) is 0 Å². The molecule has 0 aromatic rings. The van der Waals surface area contributed by atoms with Gasteiger partial charge in [0, 0.05) is 7.85 Å². The van der Waals surface area contributed by atoms with Crippen molar-refractivity contribution in [2.45, 2.75) is 49.0 Å². The zero-order valence-corrected chi connectivity index (χ0v) is 8.39. The molecule has 0 atom stereocenters. The smallest absolute Gasteiger partial charge is 0 e. The van der Waals surface area contributed by atoms with Gasteiger partial charge in [-0.15, -0.1) is 6.58 Å². The number of allylic oxidation sites excluding steroid dienone is 1. The Kier molecular flexibility index (Phi) is 61.7. The monoisotopic (exact) mass is 204 g/mol. The van der Waals surface area contributed by atoms with Crippen molar-refractivity contribution < 1.29 is 10.9 Å². The minimum absolute atomic E-state index is 0. The molecule has 0 amide bonds. The summed E-state index contributed by atoms with van der Waals surface area (Å²) in [6, 6.07) is 0. The molecule has 0 N–H and O–H groups in total. The molecule has 0 fully saturated rings. The van der Waals surface area contributed by atoms with E-state index in [0.29, 0.717) is 12.3 Å². The Labute approximate surface area is 91.6 Å². The summed E-state index contributed by atoms with van der Waals surface area (Å²) in [5, 5.41) is 0. The number of carbonyl (C=O) groups is 1. The third kappa shape index (κ3) is 249. The number of hydrogen-bond donors (Lipinski definition) is 0. The topological polar surface area (TPSA) is 37.0 Å². The summed E-state index contributed by atoms with van der Waals surface area (Å²) in [5.74, 6) is 0.530. The van der Waals surface area contributed by atoms with E-state index in [2.05, 4.69) is 13.2 Å². The molecule has 0 aromatic carbocycles. The summed E-state index contributed by atoms with van der Waals surface area (Å²) >= 11 is 0. The van der Waals surface area contributed by atoms with Gasteiger partial charge in [-0.1, -0.05) is 34.3 Å². The molecule has 0 aliphatic heterocycles. The molecule has 2 heteroatoms. The maximum atomic E-state index is 9.62. The Morgan fingerprint density at radius 3 is 1.64 bits per heavy atom. The minimum Gasteiger partial charge on any atom is 0 e. The van der Waals surface area contributed by atoms with E-state index in [1.807, 2.05) is 27.7 Å². The zero-order chi connectivity index (χ0) is 10.6. The quantitative estimate of drug-likeness (QED) is 0.286. The average Bonchev–Trinajstić information content (AvgIpc) is 1.90. The Balaban J connectivity index is -0.0000000204.